The number of hydrogen-bond donors (Lipinski definition) is 1. The molecule has 1 aliphatic rings. The quantitative estimate of drug-likeness (QED) is 0.862. The van der Waals surface area contributed by atoms with Crippen LogP contribution in [0.4, 0.5) is 0 Å². The van der Waals surface area contributed by atoms with Gasteiger partial charge < -0.3 is 9.73 Å². The molecule has 1 heterocycles. The van der Waals surface area contributed by atoms with Crippen LogP contribution < -0.4 is 5.32 Å². The van der Waals surface area contributed by atoms with E-state index >= 15 is 0 Å². The Kier molecular flexibility index (Phi) is 4.42. The lowest BCUT2D eigenvalue weighted by Gasteiger charge is -2.12. The molecular formula is C13H16BrNO2. The molecule has 92 valence electrons. The third-order valence-corrected chi connectivity index (χ3v) is 3.59. The van der Waals surface area contributed by atoms with Gasteiger partial charge in [-0.05, 0) is 54.1 Å². The number of furan rings is 1. The van der Waals surface area contributed by atoms with Gasteiger partial charge in [-0.25, -0.2) is 0 Å². The number of amides is 1. The highest BCUT2D eigenvalue weighted by atomic mass is 79.9. The van der Waals surface area contributed by atoms with Gasteiger partial charge in [0.25, 0.3) is 5.91 Å². The molecule has 1 aliphatic carbocycles. The number of carbonyl (C=O) groups excluding carboxylic acids is 1. The van der Waals surface area contributed by atoms with Crippen molar-refractivity contribution in [1.82, 2.24) is 5.32 Å². The lowest BCUT2D eigenvalue weighted by molar-refractivity contribution is 0.0952. The van der Waals surface area contributed by atoms with Gasteiger partial charge in [-0.2, -0.15) is 0 Å². The second-order valence-corrected chi connectivity index (χ2v) is 4.94. The lowest BCUT2D eigenvalue weighted by Crippen LogP contribution is -2.24. The Morgan fingerprint density at radius 1 is 1.47 bits per heavy atom. The first-order valence-corrected chi connectivity index (χ1v) is 6.76. The first-order chi connectivity index (χ1) is 8.27. The fourth-order valence-electron chi connectivity index (χ4n) is 2.02. The van der Waals surface area contributed by atoms with E-state index < -0.39 is 0 Å². The van der Waals surface area contributed by atoms with Gasteiger partial charge in [-0.15, -0.1) is 0 Å². The van der Waals surface area contributed by atoms with Crippen molar-refractivity contribution in [2.24, 2.45) is 0 Å². The van der Waals surface area contributed by atoms with Crippen molar-refractivity contribution in [2.75, 3.05) is 6.54 Å². The molecule has 0 bridgehead atoms. The van der Waals surface area contributed by atoms with E-state index in [1.807, 2.05) is 0 Å². The van der Waals surface area contributed by atoms with E-state index in [4.69, 9.17) is 4.42 Å². The predicted octanol–water partition coefficient (Wildman–Crippen LogP) is 3.66. The molecular weight excluding hydrogens is 282 g/mol. The van der Waals surface area contributed by atoms with Crippen LogP contribution in [0, 0.1) is 0 Å². The number of halogens is 1. The van der Waals surface area contributed by atoms with Crippen LogP contribution in [0.5, 0.6) is 0 Å². The Labute approximate surface area is 109 Å². The Balaban J connectivity index is 1.77. The smallest absolute Gasteiger partial charge is 0.255 e. The normalized spacial score (nSPS) is 15.5. The fraction of sp³-hybridized carbons (Fsp3) is 0.462. The zero-order valence-corrected chi connectivity index (χ0v) is 11.3. The molecule has 0 saturated carbocycles. The third kappa shape index (κ3) is 3.46. The van der Waals surface area contributed by atoms with Crippen molar-refractivity contribution in [1.29, 1.82) is 0 Å². The number of allylic oxidation sites excluding steroid dienone is 1. The van der Waals surface area contributed by atoms with Gasteiger partial charge >= 0.3 is 0 Å². The molecule has 0 aliphatic heterocycles. The fourth-order valence-corrected chi connectivity index (χ4v) is 2.44. The van der Waals surface area contributed by atoms with Crippen LogP contribution in [-0.4, -0.2) is 12.5 Å². The molecule has 0 atom stereocenters. The Bertz CT molecular complexity index is 423. The van der Waals surface area contributed by atoms with Gasteiger partial charge in [0.2, 0.25) is 0 Å². The predicted molar refractivity (Wildman–Crippen MR) is 69.9 cm³/mol. The summed E-state index contributed by atoms with van der Waals surface area (Å²) in [6.07, 6.45) is 9.74. The van der Waals surface area contributed by atoms with Gasteiger partial charge in [0.1, 0.15) is 0 Å². The van der Waals surface area contributed by atoms with Gasteiger partial charge in [0.05, 0.1) is 11.8 Å². The van der Waals surface area contributed by atoms with Crippen molar-refractivity contribution in [2.45, 2.75) is 32.1 Å². The highest BCUT2D eigenvalue weighted by Crippen LogP contribution is 2.20. The van der Waals surface area contributed by atoms with E-state index in [9.17, 15) is 4.79 Å². The first kappa shape index (κ1) is 12.4. The molecule has 0 spiro atoms. The standard InChI is InChI=1S/C13H16BrNO2/c14-12-11(7-9-17-12)13(16)15-8-6-10-4-2-1-3-5-10/h4,7,9H,1-3,5-6,8H2,(H,15,16). The maximum absolute atomic E-state index is 11.7. The molecule has 1 aromatic heterocycles. The summed E-state index contributed by atoms with van der Waals surface area (Å²) >= 11 is 3.20. The van der Waals surface area contributed by atoms with Crippen molar-refractivity contribution in [3.8, 4) is 0 Å². The molecule has 1 amide bonds. The van der Waals surface area contributed by atoms with Crippen molar-refractivity contribution in [3.05, 3.63) is 34.2 Å². The highest BCUT2D eigenvalue weighted by Gasteiger charge is 2.12. The van der Waals surface area contributed by atoms with E-state index in [-0.39, 0.29) is 5.91 Å². The van der Waals surface area contributed by atoms with Crippen molar-refractivity contribution in [3.63, 3.8) is 0 Å². The third-order valence-electron chi connectivity index (χ3n) is 2.98. The van der Waals surface area contributed by atoms with E-state index in [0.29, 0.717) is 16.8 Å². The summed E-state index contributed by atoms with van der Waals surface area (Å²) in [6.45, 7) is 0.697. The molecule has 3 nitrogen and oxygen atoms in total. The van der Waals surface area contributed by atoms with Gasteiger partial charge in [0, 0.05) is 6.54 Å². The van der Waals surface area contributed by atoms with E-state index in [2.05, 4.69) is 27.3 Å². The Morgan fingerprint density at radius 3 is 3.00 bits per heavy atom. The van der Waals surface area contributed by atoms with Crippen LogP contribution >= 0.6 is 15.9 Å². The minimum atomic E-state index is -0.0814. The highest BCUT2D eigenvalue weighted by molar-refractivity contribution is 9.10. The van der Waals surface area contributed by atoms with Crippen molar-refractivity contribution >= 4 is 21.8 Å². The Hall–Kier alpha value is -1.03. The molecule has 0 fully saturated rings. The maximum Gasteiger partial charge on any atom is 0.255 e. The van der Waals surface area contributed by atoms with Crippen LogP contribution in [0.1, 0.15) is 42.5 Å². The summed E-state index contributed by atoms with van der Waals surface area (Å²) in [4.78, 5) is 11.7. The lowest BCUT2D eigenvalue weighted by atomic mass is 9.97. The molecule has 0 radical (unpaired) electrons. The van der Waals surface area contributed by atoms with Crippen LogP contribution in [0.15, 0.2) is 33.1 Å². The molecule has 0 unspecified atom stereocenters. The number of nitrogens with one attached hydrogen (secondary N) is 1. The van der Waals surface area contributed by atoms with Crippen LogP contribution in [0.2, 0.25) is 0 Å². The zero-order valence-electron chi connectivity index (χ0n) is 9.67. The van der Waals surface area contributed by atoms with Gasteiger partial charge in [-0.1, -0.05) is 11.6 Å². The molecule has 1 N–H and O–H groups in total. The van der Waals surface area contributed by atoms with Crippen LogP contribution in [0.3, 0.4) is 0 Å². The number of rotatable bonds is 4. The molecule has 2 rings (SSSR count). The summed E-state index contributed by atoms with van der Waals surface area (Å²) < 4.78 is 5.52. The van der Waals surface area contributed by atoms with Gasteiger partial charge in [0.15, 0.2) is 4.67 Å². The summed E-state index contributed by atoms with van der Waals surface area (Å²) in [5.74, 6) is -0.0814. The largest absolute Gasteiger partial charge is 0.457 e. The molecule has 4 heteroatoms. The Morgan fingerprint density at radius 2 is 2.35 bits per heavy atom. The minimum absolute atomic E-state index is 0.0814. The monoisotopic (exact) mass is 297 g/mol. The second kappa shape index (κ2) is 6.05. The molecule has 0 saturated heterocycles. The molecule has 0 aromatic carbocycles. The van der Waals surface area contributed by atoms with Crippen LogP contribution in [0.25, 0.3) is 0 Å². The molecule has 17 heavy (non-hydrogen) atoms. The summed E-state index contributed by atoms with van der Waals surface area (Å²) in [6, 6.07) is 1.67. The van der Waals surface area contributed by atoms with Crippen molar-refractivity contribution < 1.29 is 9.21 Å². The van der Waals surface area contributed by atoms with Crippen LogP contribution in [-0.2, 0) is 0 Å². The summed E-state index contributed by atoms with van der Waals surface area (Å²) in [5, 5.41) is 2.90. The first-order valence-electron chi connectivity index (χ1n) is 5.96. The zero-order chi connectivity index (χ0) is 12.1. The van der Waals surface area contributed by atoms with E-state index in [1.165, 1.54) is 37.5 Å². The maximum atomic E-state index is 11.7. The average Bonchev–Trinajstić information content (AvgIpc) is 2.77. The van der Waals surface area contributed by atoms with E-state index in [0.717, 1.165) is 6.42 Å². The topological polar surface area (TPSA) is 42.2 Å². The number of hydrogen-bond acceptors (Lipinski definition) is 2. The SMILES string of the molecule is O=C(NCCC1=CCCCC1)c1ccoc1Br. The summed E-state index contributed by atoms with van der Waals surface area (Å²) in [7, 11) is 0. The average molecular weight is 298 g/mol. The number of carbonyl (C=O) groups is 1. The minimum Gasteiger partial charge on any atom is -0.457 e. The summed E-state index contributed by atoms with van der Waals surface area (Å²) in [5.41, 5.74) is 2.03. The second-order valence-electron chi connectivity index (χ2n) is 4.22. The van der Waals surface area contributed by atoms with Gasteiger partial charge in [-0.3, -0.25) is 4.79 Å². The van der Waals surface area contributed by atoms with E-state index in [1.54, 1.807) is 6.07 Å². The molecule has 1 aromatic rings.